The molecule has 2 aromatic carbocycles. The second-order valence-electron chi connectivity index (χ2n) is 5.72. The second kappa shape index (κ2) is 7.21. The highest BCUT2D eigenvalue weighted by Gasteiger charge is 2.50. The highest BCUT2D eigenvalue weighted by atomic mass is 19.4. The predicted octanol–water partition coefficient (Wildman–Crippen LogP) is 4.09. The molecule has 2 rings (SSSR count). The van der Waals surface area contributed by atoms with Crippen LogP contribution in [0.1, 0.15) is 22.3 Å². The van der Waals surface area contributed by atoms with Crippen LogP contribution in [0.4, 0.5) is 26.3 Å². The van der Waals surface area contributed by atoms with Crippen molar-refractivity contribution in [3.05, 3.63) is 70.8 Å². The molecule has 2 aromatic rings. The lowest BCUT2D eigenvalue weighted by Crippen LogP contribution is -2.41. The van der Waals surface area contributed by atoms with E-state index in [0.717, 1.165) is 36.4 Å². The van der Waals surface area contributed by atoms with Gasteiger partial charge in [0.05, 0.1) is 23.8 Å². The Morgan fingerprint density at radius 2 is 1.11 bits per heavy atom. The number of nitriles is 1. The Bertz CT molecular complexity index is 796. The molecular weight excluding hydrogens is 376 g/mol. The van der Waals surface area contributed by atoms with Crippen LogP contribution in [0.2, 0.25) is 0 Å². The maximum atomic E-state index is 13.4. The Morgan fingerprint density at radius 1 is 0.778 bits per heavy atom. The lowest BCUT2D eigenvalue weighted by atomic mass is 9.73. The SMILES string of the molecule is N#CC(CO)C(O)(c1ccccc1C(F)(F)F)c1ccccc1C(F)(F)F. The highest BCUT2D eigenvalue weighted by molar-refractivity contribution is 5.48. The van der Waals surface area contributed by atoms with Crippen molar-refractivity contribution in [2.24, 2.45) is 5.92 Å². The minimum absolute atomic E-state index is 0.586. The summed E-state index contributed by atoms with van der Waals surface area (Å²) < 4.78 is 80.5. The molecule has 0 radical (unpaired) electrons. The van der Waals surface area contributed by atoms with Gasteiger partial charge in [0.25, 0.3) is 0 Å². The molecule has 0 saturated heterocycles. The van der Waals surface area contributed by atoms with Gasteiger partial charge in [-0.25, -0.2) is 0 Å². The summed E-state index contributed by atoms with van der Waals surface area (Å²) in [5.41, 5.74) is -7.76. The van der Waals surface area contributed by atoms with E-state index in [1.807, 2.05) is 0 Å². The standard InChI is InChI=1S/C18H13F6NO2/c19-17(20,21)14-7-3-1-5-12(14)16(27,11(9-25)10-26)13-6-2-4-8-15(13)18(22,23)24/h1-8,11,26-27H,10H2. The van der Waals surface area contributed by atoms with Crippen molar-refractivity contribution in [2.45, 2.75) is 18.0 Å². The molecule has 0 aliphatic carbocycles. The number of rotatable bonds is 4. The van der Waals surface area contributed by atoms with Gasteiger partial charge >= 0.3 is 12.4 Å². The van der Waals surface area contributed by atoms with Crippen LogP contribution in [0, 0.1) is 17.2 Å². The molecule has 144 valence electrons. The topological polar surface area (TPSA) is 64.2 Å². The minimum atomic E-state index is -5.01. The van der Waals surface area contributed by atoms with Crippen LogP contribution >= 0.6 is 0 Å². The van der Waals surface area contributed by atoms with E-state index >= 15 is 0 Å². The molecule has 0 aromatic heterocycles. The van der Waals surface area contributed by atoms with E-state index in [4.69, 9.17) is 0 Å². The summed E-state index contributed by atoms with van der Waals surface area (Å²) in [6.07, 6.45) is -10.0. The van der Waals surface area contributed by atoms with Gasteiger partial charge in [-0.05, 0) is 12.1 Å². The summed E-state index contributed by atoms with van der Waals surface area (Å²) in [6, 6.07) is 8.35. The maximum Gasteiger partial charge on any atom is 0.416 e. The fraction of sp³-hybridized carbons (Fsp3) is 0.278. The van der Waals surface area contributed by atoms with Gasteiger partial charge < -0.3 is 10.2 Å². The van der Waals surface area contributed by atoms with Gasteiger partial charge in [0.2, 0.25) is 0 Å². The van der Waals surface area contributed by atoms with E-state index in [1.54, 1.807) is 0 Å². The molecule has 1 atom stereocenters. The molecule has 0 amide bonds. The van der Waals surface area contributed by atoms with E-state index in [1.165, 1.54) is 6.07 Å². The van der Waals surface area contributed by atoms with Gasteiger partial charge in [-0.1, -0.05) is 36.4 Å². The lowest BCUT2D eigenvalue weighted by molar-refractivity contribution is -0.143. The van der Waals surface area contributed by atoms with Crippen LogP contribution in [0.3, 0.4) is 0 Å². The molecule has 0 saturated carbocycles. The first-order chi connectivity index (χ1) is 12.5. The maximum absolute atomic E-state index is 13.4. The monoisotopic (exact) mass is 389 g/mol. The average Bonchev–Trinajstić information content (AvgIpc) is 2.61. The van der Waals surface area contributed by atoms with Gasteiger partial charge in [-0.3, -0.25) is 0 Å². The van der Waals surface area contributed by atoms with Gasteiger partial charge in [0.15, 0.2) is 0 Å². The Kier molecular flexibility index (Phi) is 5.54. The molecule has 1 unspecified atom stereocenters. The molecule has 0 aliphatic heterocycles. The van der Waals surface area contributed by atoms with E-state index < -0.39 is 52.7 Å². The van der Waals surface area contributed by atoms with Gasteiger partial charge in [-0.2, -0.15) is 31.6 Å². The second-order valence-corrected chi connectivity index (χ2v) is 5.72. The number of aliphatic hydroxyl groups excluding tert-OH is 1. The zero-order valence-corrected chi connectivity index (χ0v) is 13.5. The molecule has 3 nitrogen and oxygen atoms in total. The van der Waals surface area contributed by atoms with Gasteiger partial charge in [0.1, 0.15) is 11.5 Å². The number of aliphatic hydroxyl groups is 2. The normalized spacial score (nSPS) is 13.9. The summed E-state index contributed by atoms with van der Waals surface area (Å²) in [7, 11) is 0. The summed E-state index contributed by atoms with van der Waals surface area (Å²) in [5.74, 6) is -1.98. The Balaban J connectivity index is 2.94. The van der Waals surface area contributed by atoms with Crippen LogP contribution < -0.4 is 0 Å². The quantitative estimate of drug-likeness (QED) is 0.775. The molecule has 0 spiro atoms. The largest absolute Gasteiger partial charge is 0.416 e. The number of nitrogens with zero attached hydrogens (tertiary/aromatic N) is 1. The first-order valence-electron chi connectivity index (χ1n) is 7.54. The molecule has 9 heteroatoms. The van der Waals surface area contributed by atoms with Crippen LogP contribution in [-0.4, -0.2) is 16.8 Å². The third-order valence-corrected chi connectivity index (χ3v) is 4.13. The van der Waals surface area contributed by atoms with Gasteiger partial charge in [0, 0.05) is 11.1 Å². The fourth-order valence-corrected chi connectivity index (χ4v) is 2.91. The number of hydrogen-bond acceptors (Lipinski definition) is 3. The number of hydrogen-bond donors (Lipinski definition) is 2. The zero-order chi connectivity index (χ0) is 20.5. The molecule has 0 bridgehead atoms. The van der Waals surface area contributed by atoms with Crippen LogP contribution in [0.25, 0.3) is 0 Å². The Labute approximate surface area is 150 Å². The van der Waals surface area contributed by atoms with Crippen molar-refractivity contribution in [3.8, 4) is 6.07 Å². The number of benzene rings is 2. The highest BCUT2D eigenvalue weighted by Crippen LogP contribution is 2.47. The van der Waals surface area contributed by atoms with Crippen molar-refractivity contribution in [3.63, 3.8) is 0 Å². The van der Waals surface area contributed by atoms with Gasteiger partial charge in [-0.15, -0.1) is 0 Å². The summed E-state index contributed by atoms with van der Waals surface area (Å²) in [5, 5.41) is 29.8. The molecular formula is C18H13F6NO2. The lowest BCUT2D eigenvalue weighted by Gasteiger charge is -2.36. The average molecular weight is 389 g/mol. The predicted molar refractivity (Wildman–Crippen MR) is 82.1 cm³/mol. The summed E-state index contributed by atoms with van der Waals surface area (Å²) >= 11 is 0. The molecule has 0 aliphatic rings. The first kappa shape index (κ1) is 20.7. The van der Waals surface area contributed by atoms with Crippen molar-refractivity contribution in [1.29, 1.82) is 5.26 Å². The smallest absolute Gasteiger partial charge is 0.395 e. The number of alkyl halides is 6. The van der Waals surface area contributed by atoms with E-state index in [9.17, 15) is 41.8 Å². The van der Waals surface area contributed by atoms with Crippen molar-refractivity contribution >= 4 is 0 Å². The first-order valence-corrected chi connectivity index (χ1v) is 7.54. The molecule has 0 fully saturated rings. The number of halogens is 6. The van der Waals surface area contributed by atoms with Crippen molar-refractivity contribution < 1.29 is 36.6 Å². The molecule has 27 heavy (non-hydrogen) atoms. The molecule has 0 heterocycles. The van der Waals surface area contributed by atoms with Crippen LogP contribution in [0.5, 0.6) is 0 Å². The Morgan fingerprint density at radius 3 is 1.37 bits per heavy atom. The summed E-state index contributed by atoms with van der Waals surface area (Å²) in [4.78, 5) is 0. The van der Waals surface area contributed by atoms with E-state index in [-0.39, 0.29) is 0 Å². The van der Waals surface area contributed by atoms with Crippen LogP contribution in [-0.2, 0) is 18.0 Å². The third kappa shape index (κ3) is 3.77. The van der Waals surface area contributed by atoms with Crippen molar-refractivity contribution in [1.82, 2.24) is 0 Å². The van der Waals surface area contributed by atoms with E-state index in [2.05, 4.69) is 0 Å². The van der Waals surface area contributed by atoms with Crippen molar-refractivity contribution in [2.75, 3.05) is 6.61 Å². The Hall–Kier alpha value is -2.57. The fourth-order valence-electron chi connectivity index (χ4n) is 2.91. The minimum Gasteiger partial charge on any atom is -0.395 e. The van der Waals surface area contributed by atoms with Crippen LogP contribution in [0.15, 0.2) is 48.5 Å². The third-order valence-electron chi connectivity index (χ3n) is 4.13. The zero-order valence-electron chi connectivity index (χ0n) is 13.5. The summed E-state index contributed by atoms with van der Waals surface area (Å²) in [6.45, 7) is -1.16. The van der Waals surface area contributed by atoms with E-state index in [0.29, 0.717) is 12.1 Å². The molecule has 2 N–H and O–H groups in total.